The van der Waals surface area contributed by atoms with Crippen LogP contribution in [0.5, 0.6) is 0 Å². The van der Waals surface area contributed by atoms with E-state index in [1.54, 1.807) is 13.0 Å². The minimum absolute atomic E-state index is 0.349. The first kappa shape index (κ1) is 11.3. The van der Waals surface area contributed by atoms with Gasteiger partial charge in [-0.25, -0.2) is 4.79 Å². The van der Waals surface area contributed by atoms with Crippen LogP contribution in [0.25, 0.3) is 0 Å². The van der Waals surface area contributed by atoms with Gasteiger partial charge in [-0.2, -0.15) is 0 Å². The fourth-order valence-electron chi connectivity index (χ4n) is 1.11. The minimum Gasteiger partial charge on any atom is -0.462 e. The van der Waals surface area contributed by atoms with E-state index in [1.165, 1.54) is 0 Å². The SMILES string of the molecule is CCOC(=O)c1c(N)ccc(C)c1I. The molecule has 2 N–H and O–H groups in total. The molecule has 76 valence electrons. The van der Waals surface area contributed by atoms with Crippen molar-refractivity contribution in [3.8, 4) is 0 Å². The standard InChI is InChI=1S/C10H12INO2/c1-3-14-10(13)8-7(12)5-4-6(2)9(8)11/h4-5H,3,12H2,1-2H3. The number of carbonyl (C=O) groups excluding carboxylic acids is 1. The van der Waals surface area contributed by atoms with Gasteiger partial charge < -0.3 is 10.5 Å². The average molecular weight is 305 g/mol. The maximum Gasteiger partial charge on any atom is 0.341 e. The molecule has 0 aliphatic carbocycles. The first-order valence-corrected chi connectivity index (χ1v) is 5.37. The Labute approximate surface area is 96.8 Å². The van der Waals surface area contributed by atoms with Crippen molar-refractivity contribution in [1.29, 1.82) is 0 Å². The third-order valence-corrected chi connectivity index (χ3v) is 3.24. The van der Waals surface area contributed by atoms with Crippen molar-refractivity contribution in [3.05, 3.63) is 26.8 Å². The van der Waals surface area contributed by atoms with E-state index >= 15 is 0 Å². The molecule has 0 spiro atoms. The molecule has 1 rings (SSSR count). The summed E-state index contributed by atoms with van der Waals surface area (Å²) in [6, 6.07) is 3.61. The van der Waals surface area contributed by atoms with Crippen LogP contribution in [0.4, 0.5) is 5.69 Å². The summed E-state index contributed by atoms with van der Waals surface area (Å²) < 4.78 is 5.78. The molecule has 0 saturated carbocycles. The highest BCUT2D eigenvalue weighted by Crippen LogP contribution is 2.23. The zero-order valence-electron chi connectivity index (χ0n) is 8.13. The molecule has 1 aromatic rings. The smallest absolute Gasteiger partial charge is 0.341 e. The largest absolute Gasteiger partial charge is 0.462 e. The van der Waals surface area contributed by atoms with E-state index in [4.69, 9.17) is 10.5 Å². The zero-order chi connectivity index (χ0) is 10.7. The molecule has 3 nitrogen and oxygen atoms in total. The Morgan fingerprint density at radius 3 is 2.79 bits per heavy atom. The lowest BCUT2D eigenvalue weighted by molar-refractivity contribution is 0.0526. The number of nitrogen functional groups attached to an aromatic ring is 1. The Hall–Kier alpha value is -0.780. The van der Waals surface area contributed by atoms with Crippen molar-refractivity contribution < 1.29 is 9.53 Å². The number of benzene rings is 1. The van der Waals surface area contributed by atoms with Crippen LogP contribution in [-0.2, 0) is 4.74 Å². The number of rotatable bonds is 2. The molecule has 0 fully saturated rings. The second-order valence-corrected chi connectivity index (χ2v) is 3.96. The number of anilines is 1. The number of ether oxygens (including phenoxy) is 1. The van der Waals surface area contributed by atoms with E-state index in [9.17, 15) is 4.79 Å². The molecule has 0 unspecified atom stereocenters. The van der Waals surface area contributed by atoms with E-state index in [1.807, 2.05) is 13.0 Å². The van der Waals surface area contributed by atoms with Gasteiger partial charge in [0, 0.05) is 9.26 Å². The van der Waals surface area contributed by atoms with Crippen LogP contribution in [-0.4, -0.2) is 12.6 Å². The molecular formula is C10H12INO2. The minimum atomic E-state index is -0.349. The van der Waals surface area contributed by atoms with Crippen molar-refractivity contribution in [2.24, 2.45) is 0 Å². The first-order chi connectivity index (χ1) is 6.57. The van der Waals surface area contributed by atoms with Crippen molar-refractivity contribution in [1.82, 2.24) is 0 Å². The van der Waals surface area contributed by atoms with Crippen molar-refractivity contribution in [2.45, 2.75) is 13.8 Å². The number of hydrogen-bond donors (Lipinski definition) is 1. The third kappa shape index (κ3) is 2.17. The van der Waals surface area contributed by atoms with Crippen LogP contribution in [0.15, 0.2) is 12.1 Å². The van der Waals surface area contributed by atoms with Gasteiger partial charge in [0.25, 0.3) is 0 Å². The van der Waals surface area contributed by atoms with Crippen LogP contribution >= 0.6 is 22.6 Å². The summed E-state index contributed by atoms with van der Waals surface area (Å²) in [7, 11) is 0. The summed E-state index contributed by atoms with van der Waals surface area (Å²) in [5, 5.41) is 0. The van der Waals surface area contributed by atoms with Gasteiger partial charge in [-0.05, 0) is 48.1 Å². The summed E-state index contributed by atoms with van der Waals surface area (Å²) in [6.45, 7) is 4.07. The monoisotopic (exact) mass is 305 g/mol. The Bertz CT molecular complexity index is 363. The third-order valence-electron chi connectivity index (χ3n) is 1.85. The molecule has 0 atom stereocenters. The molecule has 0 saturated heterocycles. The second kappa shape index (κ2) is 4.63. The Morgan fingerprint density at radius 1 is 1.57 bits per heavy atom. The van der Waals surface area contributed by atoms with E-state index < -0.39 is 0 Å². The van der Waals surface area contributed by atoms with Gasteiger partial charge in [-0.15, -0.1) is 0 Å². The topological polar surface area (TPSA) is 52.3 Å². The van der Waals surface area contributed by atoms with Crippen LogP contribution in [0, 0.1) is 10.5 Å². The van der Waals surface area contributed by atoms with E-state index in [-0.39, 0.29) is 5.97 Å². The Kier molecular flexibility index (Phi) is 3.74. The van der Waals surface area contributed by atoms with Crippen LogP contribution in [0.3, 0.4) is 0 Å². The highest BCUT2D eigenvalue weighted by atomic mass is 127. The van der Waals surface area contributed by atoms with Crippen molar-refractivity contribution >= 4 is 34.2 Å². The first-order valence-electron chi connectivity index (χ1n) is 4.29. The van der Waals surface area contributed by atoms with Gasteiger partial charge in [0.15, 0.2) is 0 Å². The fourth-order valence-corrected chi connectivity index (χ4v) is 1.82. The summed E-state index contributed by atoms with van der Waals surface area (Å²) in [5.74, 6) is -0.349. The van der Waals surface area contributed by atoms with E-state index in [0.717, 1.165) is 9.13 Å². The van der Waals surface area contributed by atoms with Gasteiger partial charge in [-0.1, -0.05) is 6.07 Å². The molecule has 0 aromatic heterocycles. The Morgan fingerprint density at radius 2 is 2.21 bits per heavy atom. The van der Waals surface area contributed by atoms with Gasteiger partial charge in [0.1, 0.15) is 0 Å². The zero-order valence-corrected chi connectivity index (χ0v) is 10.3. The predicted molar refractivity (Wildman–Crippen MR) is 64.3 cm³/mol. The maximum atomic E-state index is 11.5. The molecule has 4 heteroatoms. The van der Waals surface area contributed by atoms with Gasteiger partial charge in [0.05, 0.1) is 12.2 Å². The van der Waals surface area contributed by atoms with Crippen molar-refractivity contribution in [2.75, 3.05) is 12.3 Å². The molecule has 0 aliphatic rings. The molecule has 0 bridgehead atoms. The Balaban J connectivity index is 3.18. The van der Waals surface area contributed by atoms with Crippen LogP contribution < -0.4 is 5.73 Å². The highest BCUT2D eigenvalue weighted by molar-refractivity contribution is 14.1. The van der Waals surface area contributed by atoms with Gasteiger partial charge in [0.2, 0.25) is 0 Å². The predicted octanol–water partition coefficient (Wildman–Crippen LogP) is 2.36. The lowest BCUT2D eigenvalue weighted by Crippen LogP contribution is -2.10. The second-order valence-electron chi connectivity index (χ2n) is 2.88. The number of esters is 1. The summed E-state index contributed by atoms with van der Waals surface area (Å²) in [4.78, 5) is 11.5. The summed E-state index contributed by atoms with van der Waals surface area (Å²) in [5.41, 5.74) is 7.70. The molecule has 0 amide bonds. The number of halogens is 1. The maximum absolute atomic E-state index is 11.5. The fraction of sp³-hybridized carbons (Fsp3) is 0.300. The lowest BCUT2D eigenvalue weighted by Gasteiger charge is -2.09. The quantitative estimate of drug-likeness (QED) is 0.518. The van der Waals surface area contributed by atoms with E-state index in [2.05, 4.69) is 22.6 Å². The molecule has 0 radical (unpaired) electrons. The van der Waals surface area contributed by atoms with Gasteiger partial charge >= 0.3 is 5.97 Å². The summed E-state index contributed by atoms with van der Waals surface area (Å²) >= 11 is 2.10. The number of hydrogen-bond acceptors (Lipinski definition) is 3. The summed E-state index contributed by atoms with van der Waals surface area (Å²) in [6.07, 6.45) is 0. The lowest BCUT2D eigenvalue weighted by atomic mass is 10.1. The number of nitrogens with two attached hydrogens (primary N) is 1. The normalized spacial score (nSPS) is 9.93. The number of aryl methyl sites for hydroxylation is 1. The highest BCUT2D eigenvalue weighted by Gasteiger charge is 2.15. The van der Waals surface area contributed by atoms with Crippen LogP contribution in [0.1, 0.15) is 22.8 Å². The molecule has 1 aromatic carbocycles. The molecular weight excluding hydrogens is 293 g/mol. The van der Waals surface area contributed by atoms with E-state index in [0.29, 0.717) is 17.9 Å². The molecule has 0 heterocycles. The number of carbonyl (C=O) groups is 1. The molecule has 0 aliphatic heterocycles. The average Bonchev–Trinajstić information content (AvgIpc) is 2.13. The van der Waals surface area contributed by atoms with Crippen LogP contribution in [0.2, 0.25) is 0 Å². The van der Waals surface area contributed by atoms with Crippen molar-refractivity contribution in [3.63, 3.8) is 0 Å². The van der Waals surface area contributed by atoms with Gasteiger partial charge in [-0.3, -0.25) is 0 Å². The molecule has 14 heavy (non-hydrogen) atoms.